The molecule has 6 saturated carbocycles. The van der Waals surface area contributed by atoms with Crippen molar-refractivity contribution in [2.75, 3.05) is 0 Å². The van der Waals surface area contributed by atoms with Gasteiger partial charge in [-0.2, -0.15) is 0 Å². The van der Waals surface area contributed by atoms with Crippen LogP contribution in [0, 0.1) is 59.2 Å². The van der Waals surface area contributed by atoms with Crippen molar-refractivity contribution in [1.82, 2.24) is 0 Å². The average Bonchev–Trinajstić information content (AvgIpc) is 3.88. The number of rotatable bonds is 6. The van der Waals surface area contributed by atoms with E-state index in [0.29, 0.717) is 0 Å². The van der Waals surface area contributed by atoms with Gasteiger partial charge in [0.2, 0.25) is 0 Å². The fourth-order valence-electron chi connectivity index (χ4n) is 7.25. The van der Waals surface area contributed by atoms with E-state index in [-0.39, 0.29) is 0 Å². The second-order valence-electron chi connectivity index (χ2n) is 17.2. The van der Waals surface area contributed by atoms with Crippen LogP contribution in [0.4, 0.5) is 0 Å². The monoisotopic (exact) mass is 603 g/mol. The minimum absolute atomic E-state index is 0.935. The Bertz CT molecular complexity index is 531. The van der Waals surface area contributed by atoms with E-state index >= 15 is 0 Å². The largest absolute Gasteiger partial charge is 0.0651 e. The van der Waals surface area contributed by atoms with Gasteiger partial charge in [-0.25, -0.2) is 0 Å². The standard InChI is InChI=1S/2C9H18.C8H16.2C6H12.C5H10/c2*1-8(2)9-6-4-3-5-7-9;1-2-8-6-4-3-5-7-8;2*1-5(2)6-3-4-6;1-2-5-3-4-5/h2*8-9H,3-7H2,1-2H3;8H,2-7H2,1H3;2*5-6H,3-4H2,1-2H3;5H,2-4H2,1H3. The van der Waals surface area contributed by atoms with Crippen molar-refractivity contribution in [3.63, 3.8) is 0 Å². The van der Waals surface area contributed by atoms with Crippen LogP contribution in [-0.4, -0.2) is 0 Å². The van der Waals surface area contributed by atoms with Crippen molar-refractivity contribution in [2.45, 2.75) is 217 Å². The van der Waals surface area contributed by atoms with Crippen molar-refractivity contribution in [1.29, 1.82) is 0 Å². The SMILES string of the molecule is CC(C)C1CC1.CC(C)C1CC1.CC(C)C1CCCCC1.CC(C)C1CCCCC1.CCC1CC1.CCC1CCCCC1. The smallest absolute Gasteiger partial charge is 0.0391 e. The van der Waals surface area contributed by atoms with Crippen LogP contribution in [-0.2, 0) is 0 Å². The summed E-state index contributed by atoms with van der Waals surface area (Å²) in [5, 5.41) is 0. The predicted octanol–water partition coefficient (Wildman–Crippen LogP) is 15.3. The lowest BCUT2D eigenvalue weighted by Crippen LogP contribution is -2.12. The molecule has 0 N–H and O–H groups in total. The Morgan fingerprint density at radius 1 is 0.302 bits per heavy atom. The first-order chi connectivity index (χ1) is 20.6. The van der Waals surface area contributed by atoms with Crippen LogP contribution in [0.5, 0.6) is 0 Å². The van der Waals surface area contributed by atoms with E-state index in [0.717, 1.165) is 59.2 Å². The molecule has 0 amide bonds. The van der Waals surface area contributed by atoms with Gasteiger partial charge < -0.3 is 0 Å². The Balaban J connectivity index is 0.000000261. The van der Waals surface area contributed by atoms with Gasteiger partial charge in [-0.15, -0.1) is 0 Å². The third-order valence-corrected chi connectivity index (χ3v) is 11.9. The molecule has 0 heteroatoms. The molecule has 0 bridgehead atoms. The summed E-state index contributed by atoms with van der Waals surface area (Å²) in [6, 6.07) is 0. The molecule has 0 heterocycles. The molecule has 258 valence electrons. The van der Waals surface area contributed by atoms with Crippen molar-refractivity contribution in [2.24, 2.45) is 59.2 Å². The van der Waals surface area contributed by atoms with Gasteiger partial charge in [-0.3, -0.25) is 0 Å². The van der Waals surface area contributed by atoms with Crippen LogP contribution in [0.25, 0.3) is 0 Å². The van der Waals surface area contributed by atoms with E-state index in [1.807, 2.05) is 0 Å². The summed E-state index contributed by atoms with van der Waals surface area (Å²) < 4.78 is 0. The highest BCUT2D eigenvalue weighted by Crippen LogP contribution is 2.36. The lowest BCUT2D eigenvalue weighted by molar-refractivity contribution is 0.279. The second kappa shape index (κ2) is 25.1. The van der Waals surface area contributed by atoms with E-state index in [4.69, 9.17) is 0 Å². The van der Waals surface area contributed by atoms with E-state index in [1.165, 1.54) is 148 Å². The van der Waals surface area contributed by atoms with E-state index in [9.17, 15) is 0 Å². The Hall–Kier alpha value is 0. The quantitative estimate of drug-likeness (QED) is 0.284. The maximum Gasteiger partial charge on any atom is -0.0391 e. The molecule has 0 unspecified atom stereocenters. The molecule has 6 rings (SSSR count). The number of hydrogen-bond acceptors (Lipinski definition) is 0. The Morgan fingerprint density at radius 3 is 0.651 bits per heavy atom. The topological polar surface area (TPSA) is 0 Å². The lowest BCUT2D eigenvalue weighted by atomic mass is 9.82. The molecular weight excluding hydrogens is 516 g/mol. The fraction of sp³-hybridized carbons (Fsp3) is 1.00. The van der Waals surface area contributed by atoms with Crippen molar-refractivity contribution in [3.05, 3.63) is 0 Å². The molecule has 43 heavy (non-hydrogen) atoms. The van der Waals surface area contributed by atoms with E-state index < -0.39 is 0 Å². The summed E-state index contributed by atoms with van der Waals surface area (Å²) in [6.07, 6.45) is 34.3. The average molecular weight is 603 g/mol. The minimum Gasteiger partial charge on any atom is -0.0651 e. The zero-order chi connectivity index (χ0) is 32.0. The van der Waals surface area contributed by atoms with Crippen LogP contribution in [0.3, 0.4) is 0 Å². The minimum atomic E-state index is 0.935. The van der Waals surface area contributed by atoms with Gasteiger partial charge in [0.25, 0.3) is 0 Å². The van der Waals surface area contributed by atoms with Gasteiger partial charge in [0.1, 0.15) is 0 Å². The Morgan fingerprint density at radius 2 is 0.535 bits per heavy atom. The summed E-state index contributed by atoms with van der Waals surface area (Å²) in [6.45, 7) is 23.2. The molecule has 6 aliphatic rings. The van der Waals surface area contributed by atoms with Gasteiger partial charge in [0, 0.05) is 0 Å². The normalized spacial score (nSPS) is 23.0. The molecule has 6 aliphatic carbocycles. The van der Waals surface area contributed by atoms with Crippen LogP contribution >= 0.6 is 0 Å². The van der Waals surface area contributed by atoms with Gasteiger partial charge in [-0.1, -0.05) is 191 Å². The summed E-state index contributed by atoms with van der Waals surface area (Å²) in [7, 11) is 0. The molecule has 0 aliphatic heterocycles. The van der Waals surface area contributed by atoms with Crippen LogP contribution in [0.1, 0.15) is 217 Å². The molecule has 0 spiro atoms. The van der Waals surface area contributed by atoms with Crippen LogP contribution < -0.4 is 0 Å². The Kier molecular flexibility index (Phi) is 24.0. The van der Waals surface area contributed by atoms with Crippen molar-refractivity contribution >= 4 is 0 Å². The molecule has 0 aromatic heterocycles. The highest BCUT2D eigenvalue weighted by atomic mass is 14.3. The van der Waals surface area contributed by atoms with Crippen LogP contribution in [0.15, 0.2) is 0 Å². The van der Waals surface area contributed by atoms with Gasteiger partial charge >= 0.3 is 0 Å². The van der Waals surface area contributed by atoms with Crippen molar-refractivity contribution in [3.8, 4) is 0 Å². The van der Waals surface area contributed by atoms with E-state index in [2.05, 4.69) is 69.2 Å². The third kappa shape index (κ3) is 23.9. The first-order valence-electron chi connectivity index (χ1n) is 20.6. The highest BCUT2D eigenvalue weighted by Gasteiger charge is 2.24. The molecule has 0 aromatic carbocycles. The molecule has 0 saturated heterocycles. The highest BCUT2D eigenvalue weighted by molar-refractivity contribution is 4.76. The molecule has 0 atom stereocenters. The van der Waals surface area contributed by atoms with Gasteiger partial charge in [0.05, 0.1) is 0 Å². The summed E-state index contributed by atoms with van der Waals surface area (Å²) in [5.41, 5.74) is 0. The van der Waals surface area contributed by atoms with Gasteiger partial charge in [-0.05, 0) is 84.9 Å². The van der Waals surface area contributed by atoms with E-state index in [1.54, 1.807) is 0 Å². The molecule has 0 radical (unpaired) electrons. The summed E-state index contributed by atoms with van der Waals surface area (Å²) >= 11 is 0. The van der Waals surface area contributed by atoms with Gasteiger partial charge in [0.15, 0.2) is 0 Å². The zero-order valence-corrected chi connectivity index (χ0v) is 32.0. The van der Waals surface area contributed by atoms with Crippen molar-refractivity contribution < 1.29 is 0 Å². The fourth-order valence-corrected chi connectivity index (χ4v) is 7.25. The number of hydrogen-bond donors (Lipinski definition) is 0. The second-order valence-corrected chi connectivity index (χ2v) is 17.2. The summed E-state index contributed by atoms with van der Waals surface area (Å²) in [5.74, 6) is 10.3. The lowest BCUT2D eigenvalue weighted by Gasteiger charge is -2.24. The molecular formula is C43H86. The zero-order valence-electron chi connectivity index (χ0n) is 32.0. The maximum atomic E-state index is 2.36. The predicted molar refractivity (Wildman–Crippen MR) is 198 cm³/mol. The third-order valence-electron chi connectivity index (χ3n) is 11.9. The molecule has 0 aromatic rings. The van der Waals surface area contributed by atoms with Crippen LogP contribution in [0.2, 0.25) is 0 Å². The molecule has 0 nitrogen and oxygen atoms in total. The Labute approximate surface area is 275 Å². The first kappa shape index (κ1) is 41.0. The summed E-state index contributed by atoms with van der Waals surface area (Å²) in [4.78, 5) is 0. The molecule has 6 fully saturated rings. The maximum absolute atomic E-state index is 2.36. The first-order valence-corrected chi connectivity index (χ1v) is 20.6.